The van der Waals surface area contributed by atoms with E-state index in [0.29, 0.717) is 30.3 Å². The van der Waals surface area contributed by atoms with E-state index in [0.717, 1.165) is 30.9 Å². The first kappa shape index (κ1) is 21.4. The van der Waals surface area contributed by atoms with Gasteiger partial charge in [-0.15, -0.1) is 0 Å². The van der Waals surface area contributed by atoms with E-state index < -0.39 is 0 Å². The van der Waals surface area contributed by atoms with Crippen LogP contribution in [0.25, 0.3) is 11.0 Å². The maximum absolute atomic E-state index is 11.5. The van der Waals surface area contributed by atoms with Crippen molar-refractivity contribution in [2.24, 2.45) is 22.7 Å². The van der Waals surface area contributed by atoms with Gasteiger partial charge in [-0.25, -0.2) is 4.79 Å². The van der Waals surface area contributed by atoms with Crippen molar-refractivity contribution in [2.75, 3.05) is 6.61 Å². The van der Waals surface area contributed by atoms with Crippen molar-refractivity contribution < 1.29 is 13.9 Å². The fourth-order valence-electron chi connectivity index (χ4n) is 5.30. The Kier molecular flexibility index (Phi) is 6.02. The van der Waals surface area contributed by atoms with Crippen molar-refractivity contribution in [1.82, 2.24) is 0 Å². The second-order valence-corrected chi connectivity index (χ2v) is 9.64. The Labute approximate surface area is 172 Å². The molecule has 1 saturated carbocycles. The average Bonchev–Trinajstić information content (AvgIpc) is 2.64. The number of hydrogen-bond acceptors (Lipinski definition) is 4. The van der Waals surface area contributed by atoms with Crippen LogP contribution in [0.1, 0.15) is 53.4 Å². The summed E-state index contributed by atoms with van der Waals surface area (Å²) < 4.78 is 11.5. The third-order valence-corrected chi connectivity index (χ3v) is 6.70. The molecule has 4 nitrogen and oxygen atoms in total. The highest BCUT2D eigenvalue weighted by atomic mass is 16.5. The van der Waals surface area contributed by atoms with Gasteiger partial charge in [-0.1, -0.05) is 39.8 Å². The van der Waals surface area contributed by atoms with Gasteiger partial charge in [0.2, 0.25) is 0 Å². The number of hydrogen-bond donors (Lipinski definition) is 0. The van der Waals surface area contributed by atoms with E-state index in [4.69, 9.17) is 9.15 Å². The van der Waals surface area contributed by atoms with Crippen LogP contribution in [0, 0.1) is 22.7 Å². The lowest BCUT2D eigenvalue weighted by Gasteiger charge is -2.53. The molecule has 3 rings (SSSR count). The lowest BCUT2D eigenvalue weighted by atomic mass is 9.52. The first-order valence-corrected chi connectivity index (χ1v) is 10.4. The molecule has 0 amide bonds. The molecule has 156 valence electrons. The first-order chi connectivity index (χ1) is 13.6. The summed E-state index contributed by atoms with van der Waals surface area (Å²) >= 11 is 0. The van der Waals surface area contributed by atoms with E-state index in [1.165, 1.54) is 11.6 Å². The molecule has 0 N–H and O–H groups in total. The molecule has 2 aromatic rings. The van der Waals surface area contributed by atoms with Gasteiger partial charge in [0.05, 0.1) is 6.61 Å². The predicted molar refractivity (Wildman–Crippen MR) is 116 cm³/mol. The second-order valence-electron chi connectivity index (χ2n) is 9.64. The molecule has 3 unspecified atom stereocenters. The molecule has 1 aromatic heterocycles. The summed E-state index contributed by atoms with van der Waals surface area (Å²) in [6.45, 7) is 14.0. The Morgan fingerprint density at radius 1 is 1.28 bits per heavy atom. The molecule has 3 atom stereocenters. The van der Waals surface area contributed by atoms with Crippen molar-refractivity contribution in [3.05, 3.63) is 52.9 Å². The van der Waals surface area contributed by atoms with Crippen molar-refractivity contribution in [2.45, 2.75) is 53.4 Å². The summed E-state index contributed by atoms with van der Waals surface area (Å²) in [6.07, 6.45) is 4.48. The molecule has 1 aliphatic carbocycles. The van der Waals surface area contributed by atoms with Gasteiger partial charge >= 0.3 is 5.63 Å². The molecule has 1 aliphatic rings. The van der Waals surface area contributed by atoms with Gasteiger partial charge in [0.25, 0.3) is 0 Å². The van der Waals surface area contributed by atoms with E-state index in [-0.39, 0.29) is 22.4 Å². The van der Waals surface area contributed by atoms with Crippen molar-refractivity contribution in [1.29, 1.82) is 0 Å². The van der Waals surface area contributed by atoms with Gasteiger partial charge in [0.15, 0.2) is 0 Å². The monoisotopic (exact) mass is 396 g/mol. The van der Waals surface area contributed by atoms with Gasteiger partial charge in [0, 0.05) is 29.9 Å². The minimum Gasteiger partial charge on any atom is -0.493 e. The summed E-state index contributed by atoms with van der Waals surface area (Å²) in [5, 5.41) is 0.864. The van der Waals surface area contributed by atoms with Gasteiger partial charge in [-0.2, -0.15) is 0 Å². The van der Waals surface area contributed by atoms with Crippen LogP contribution in [-0.4, -0.2) is 12.9 Å². The Morgan fingerprint density at radius 3 is 2.69 bits per heavy atom. The highest BCUT2D eigenvalue weighted by molar-refractivity contribution is 5.77. The maximum atomic E-state index is 11.5. The van der Waals surface area contributed by atoms with Crippen molar-refractivity contribution >= 4 is 17.3 Å². The molecule has 0 saturated heterocycles. The number of ether oxygens (including phenoxy) is 1. The van der Waals surface area contributed by atoms with Gasteiger partial charge in [-0.05, 0) is 54.2 Å². The third-order valence-electron chi connectivity index (χ3n) is 6.70. The van der Waals surface area contributed by atoms with Crippen LogP contribution in [-0.2, 0) is 4.79 Å². The topological polar surface area (TPSA) is 56.5 Å². The lowest BCUT2D eigenvalue weighted by Crippen LogP contribution is -2.47. The molecule has 0 aliphatic heterocycles. The number of carbonyl (C=O) groups excluding carboxylic acids is 1. The molecule has 0 radical (unpaired) electrons. The zero-order valence-electron chi connectivity index (χ0n) is 18.0. The number of fused-ring (bicyclic) bond motifs is 1. The molecule has 1 heterocycles. The van der Waals surface area contributed by atoms with E-state index >= 15 is 0 Å². The highest BCUT2D eigenvalue weighted by Crippen LogP contribution is 2.56. The Balaban J connectivity index is 1.86. The molecular weight excluding hydrogens is 364 g/mol. The van der Waals surface area contributed by atoms with Crippen LogP contribution in [0.4, 0.5) is 0 Å². The van der Waals surface area contributed by atoms with E-state index in [2.05, 4.69) is 34.3 Å². The number of benzene rings is 1. The number of rotatable bonds is 6. The summed E-state index contributed by atoms with van der Waals surface area (Å²) in [4.78, 5) is 22.7. The van der Waals surface area contributed by atoms with Gasteiger partial charge in [-0.3, -0.25) is 0 Å². The average molecular weight is 397 g/mol. The largest absolute Gasteiger partial charge is 0.493 e. The van der Waals surface area contributed by atoms with Gasteiger partial charge < -0.3 is 13.9 Å². The second kappa shape index (κ2) is 8.17. The zero-order chi connectivity index (χ0) is 21.2. The minimum absolute atomic E-state index is 0.0576. The Hall–Kier alpha value is -2.36. The molecule has 1 fully saturated rings. The molecule has 0 spiro atoms. The van der Waals surface area contributed by atoms with Crippen molar-refractivity contribution in [3.63, 3.8) is 0 Å². The number of aldehydes is 1. The van der Waals surface area contributed by atoms with Crippen LogP contribution < -0.4 is 10.4 Å². The van der Waals surface area contributed by atoms with Crippen LogP contribution in [0.3, 0.4) is 0 Å². The summed E-state index contributed by atoms with van der Waals surface area (Å²) in [5.41, 5.74) is 1.44. The van der Waals surface area contributed by atoms with Crippen molar-refractivity contribution in [3.8, 4) is 5.75 Å². The quantitative estimate of drug-likeness (QED) is 0.352. The zero-order valence-corrected chi connectivity index (χ0v) is 18.0. The first-order valence-electron chi connectivity index (χ1n) is 10.4. The van der Waals surface area contributed by atoms with Crippen LogP contribution in [0.5, 0.6) is 5.75 Å². The SMILES string of the molecule is C=C1CCC(C(C)(C)C)C(C)(CCC=O)C1COc1ccc2ccc(=O)oc2c1. The van der Waals surface area contributed by atoms with Crippen LogP contribution >= 0.6 is 0 Å². The van der Waals surface area contributed by atoms with Crippen LogP contribution in [0.15, 0.2) is 51.7 Å². The predicted octanol–water partition coefficient (Wildman–Crippen LogP) is 5.79. The molecule has 0 bridgehead atoms. The Morgan fingerprint density at radius 2 is 2.00 bits per heavy atom. The summed E-state index contributed by atoms with van der Waals surface area (Å²) in [6, 6.07) is 8.73. The fraction of sp³-hybridized carbons (Fsp3) is 0.520. The maximum Gasteiger partial charge on any atom is 0.336 e. The molecule has 29 heavy (non-hydrogen) atoms. The number of carbonyl (C=O) groups is 1. The minimum atomic E-state index is -0.371. The van der Waals surface area contributed by atoms with E-state index in [1.807, 2.05) is 12.1 Å². The molecular formula is C25H32O4. The van der Waals surface area contributed by atoms with Crippen LogP contribution in [0.2, 0.25) is 0 Å². The molecule has 4 heteroatoms. The molecule has 1 aromatic carbocycles. The van der Waals surface area contributed by atoms with Gasteiger partial charge in [0.1, 0.15) is 17.6 Å². The lowest BCUT2D eigenvalue weighted by molar-refractivity contribution is -0.109. The standard InChI is InChI=1S/C25H32O4/c1-17-7-11-22(24(2,3)4)25(5,13-6-14-26)20(17)16-28-19-10-8-18-9-12-23(27)29-21(18)15-19/h8-10,12,14-15,20,22H,1,6-7,11,13,16H2,2-5H3. The Bertz CT molecular complexity index is 949. The summed E-state index contributed by atoms with van der Waals surface area (Å²) in [7, 11) is 0. The normalized spacial score (nSPS) is 25.2. The van der Waals surface area contributed by atoms with E-state index in [9.17, 15) is 9.59 Å². The smallest absolute Gasteiger partial charge is 0.336 e. The fourth-order valence-corrected chi connectivity index (χ4v) is 5.30. The summed E-state index contributed by atoms with van der Waals surface area (Å²) in [5.74, 6) is 1.32. The third kappa shape index (κ3) is 4.47. The van der Waals surface area contributed by atoms with E-state index in [1.54, 1.807) is 12.1 Å². The highest BCUT2D eigenvalue weighted by Gasteiger charge is 2.49.